The van der Waals surface area contributed by atoms with Crippen LogP contribution in [0, 0.1) is 13.8 Å². The molecule has 0 spiro atoms. The van der Waals surface area contributed by atoms with Gasteiger partial charge in [-0.25, -0.2) is 0 Å². The van der Waals surface area contributed by atoms with Gasteiger partial charge in [-0.3, -0.25) is 0 Å². The van der Waals surface area contributed by atoms with Crippen LogP contribution in [-0.4, -0.2) is 0 Å². The van der Waals surface area contributed by atoms with Crippen LogP contribution in [0.5, 0.6) is 0 Å². The molecule has 0 N–H and O–H groups in total. The van der Waals surface area contributed by atoms with Crippen LogP contribution in [0.15, 0.2) is 114 Å². The molecule has 7 rings (SSSR count). The first kappa shape index (κ1) is 22.8. The van der Waals surface area contributed by atoms with Gasteiger partial charge in [0.05, 0.1) is 0 Å². The highest BCUT2D eigenvalue weighted by Crippen LogP contribution is 2.53. The average Bonchev–Trinajstić information content (AvgIpc) is 3.41. The van der Waals surface area contributed by atoms with Gasteiger partial charge in [-0.15, -0.1) is 0 Å². The summed E-state index contributed by atoms with van der Waals surface area (Å²) in [7, 11) is 0. The van der Waals surface area contributed by atoms with E-state index >= 15 is 0 Å². The van der Waals surface area contributed by atoms with Crippen LogP contribution < -0.4 is 0 Å². The maximum atomic E-state index is 6.64. The molecule has 1 heterocycles. The summed E-state index contributed by atoms with van der Waals surface area (Å²) in [6.45, 7) is 9.03. The molecule has 0 aliphatic heterocycles. The number of furan rings is 1. The lowest BCUT2D eigenvalue weighted by Gasteiger charge is -2.23. The zero-order chi connectivity index (χ0) is 26.0. The molecule has 6 aromatic rings. The minimum absolute atomic E-state index is 0.105. The second-order valence-corrected chi connectivity index (χ2v) is 11.0. The zero-order valence-corrected chi connectivity index (χ0v) is 22.3. The van der Waals surface area contributed by atoms with E-state index < -0.39 is 0 Å². The molecule has 0 fully saturated rings. The Kier molecular flexibility index (Phi) is 5.00. The predicted molar refractivity (Wildman–Crippen MR) is 160 cm³/mol. The molecule has 5 aromatic carbocycles. The van der Waals surface area contributed by atoms with E-state index in [1.807, 2.05) is 0 Å². The SMILES string of the molecule is Cc1oc(-c2ccc3c(c2)C(C)(C)c2cc(C)c4ccccc4c2-3)c(-c2ccccc2)c1-c1ccccc1. The third-order valence-electron chi connectivity index (χ3n) is 8.36. The van der Waals surface area contributed by atoms with Gasteiger partial charge < -0.3 is 4.42 Å². The average molecular weight is 491 g/mol. The van der Waals surface area contributed by atoms with Crippen LogP contribution in [0.4, 0.5) is 0 Å². The molecule has 1 aliphatic rings. The number of rotatable bonds is 3. The van der Waals surface area contributed by atoms with Gasteiger partial charge in [0.15, 0.2) is 0 Å². The van der Waals surface area contributed by atoms with E-state index in [1.165, 1.54) is 49.7 Å². The van der Waals surface area contributed by atoms with Crippen molar-refractivity contribution in [3.63, 3.8) is 0 Å². The first-order valence-corrected chi connectivity index (χ1v) is 13.4. The second kappa shape index (κ2) is 8.33. The van der Waals surface area contributed by atoms with Gasteiger partial charge in [0.2, 0.25) is 0 Å². The molecule has 1 aliphatic carbocycles. The van der Waals surface area contributed by atoms with Gasteiger partial charge in [0.25, 0.3) is 0 Å². The van der Waals surface area contributed by atoms with E-state index in [9.17, 15) is 0 Å². The molecular formula is C37H30O. The maximum Gasteiger partial charge on any atom is 0.142 e. The monoisotopic (exact) mass is 490 g/mol. The van der Waals surface area contributed by atoms with E-state index in [4.69, 9.17) is 4.42 Å². The summed E-state index contributed by atoms with van der Waals surface area (Å²) in [5.41, 5.74) is 12.5. The highest BCUT2D eigenvalue weighted by atomic mass is 16.3. The fraction of sp³-hybridized carbons (Fsp3) is 0.135. The van der Waals surface area contributed by atoms with E-state index in [0.29, 0.717) is 0 Å². The van der Waals surface area contributed by atoms with Crippen molar-refractivity contribution in [3.05, 3.63) is 132 Å². The molecule has 0 atom stereocenters. The van der Waals surface area contributed by atoms with Gasteiger partial charge in [-0.2, -0.15) is 0 Å². The number of hydrogen-bond donors (Lipinski definition) is 0. The van der Waals surface area contributed by atoms with Crippen molar-refractivity contribution in [2.45, 2.75) is 33.1 Å². The lowest BCUT2D eigenvalue weighted by atomic mass is 9.80. The summed E-state index contributed by atoms with van der Waals surface area (Å²) >= 11 is 0. The van der Waals surface area contributed by atoms with Crippen molar-refractivity contribution in [1.82, 2.24) is 0 Å². The molecule has 0 amide bonds. The summed E-state index contributed by atoms with van der Waals surface area (Å²) in [5, 5.41) is 2.67. The van der Waals surface area contributed by atoms with Gasteiger partial charge in [-0.1, -0.05) is 117 Å². The van der Waals surface area contributed by atoms with E-state index in [0.717, 1.165) is 28.2 Å². The second-order valence-electron chi connectivity index (χ2n) is 11.0. The minimum atomic E-state index is -0.105. The van der Waals surface area contributed by atoms with Crippen molar-refractivity contribution in [2.24, 2.45) is 0 Å². The van der Waals surface area contributed by atoms with Crippen LogP contribution in [0.3, 0.4) is 0 Å². The highest BCUT2D eigenvalue weighted by Gasteiger charge is 2.37. The van der Waals surface area contributed by atoms with Crippen LogP contribution >= 0.6 is 0 Å². The van der Waals surface area contributed by atoms with Gasteiger partial charge >= 0.3 is 0 Å². The Balaban J connectivity index is 1.48. The topological polar surface area (TPSA) is 13.1 Å². The first-order chi connectivity index (χ1) is 18.4. The molecule has 0 unspecified atom stereocenters. The predicted octanol–water partition coefficient (Wildman–Crippen LogP) is 10.4. The van der Waals surface area contributed by atoms with Crippen molar-refractivity contribution in [2.75, 3.05) is 0 Å². The van der Waals surface area contributed by atoms with Crippen LogP contribution in [0.1, 0.15) is 36.3 Å². The van der Waals surface area contributed by atoms with E-state index in [2.05, 4.69) is 137 Å². The van der Waals surface area contributed by atoms with Crippen molar-refractivity contribution >= 4 is 10.8 Å². The number of hydrogen-bond acceptors (Lipinski definition) is 1. The van der Waals surface area contributed by atoms with Crippen molar-refractivity contribution in [3.8, 4) is 44.7 Å². The molecule has 0 bridgehead atoms. The molecule has 184 valence electrons. The molecule has 0 saturated carbocycles. The lowest BCUT2D eigenvalue weighted by Crippen LogP contribution is -2.15. The number of aryl methyl sites for hydroxylation is 2. The van der Waals surface area contributed by atoms with Crippen LogP contribution in [0.2, 0.25) is 0 Å². The third-order valence-corrected chi connectivity index (χ3v) is 8.36. The first-order valence-electron chi connectivity index (χ1n) is 13.4. The Morgan fingerprint density at radius 1 is 0.526 bits per heavy atom. The zero-order valence-electron chi connectivity index (χ0n) is 22.3. The quantitative estimate of drug-likeness (QED) is 0.240. The molecule has 0 saturated heterocycles. The van der Waals surface area contributed by atoms with Gasteiger partial charge in [-0.05, 0) is 69.6 Å². The summed E-state index contributed by atoms with van der Waals surface area (Å²) in [4.78, 5) is 0. The summed E-state index contributed by atoms with van der Waals surface area (Å²) in [6.07, 6.45) is 0. The minimum Gasteiger partial charge on any atom is -0.460 e. The molecule has 1 aromatic heterocycles. The molecular weight excluding hydrogens is 460 g/mol. The summed E-state index contributed by atoms with van der Waals surface area (Å²) < 4.78 is 6.64. The summed E-state index contributed by atoms with van der Waals surface area (Å²) in [6, 6.07) is 39.4. The van der Waals surface area contributed by atoms with Crippen molar-refractivity contribution < 1.29 is 4.42 Å². The largest absolute Gasteiger partial charge is 0.460 e. The molecule has 0 radical (unpaired) electrons. The van der Waals surface area contributed by atoms with Crippen LogP contribution in [-0.2, 0) is 5.41 Å². The highest BCUT2D eigenvalue weighted by molar-refractivity contribution is 6.04. The van der Waals surface area contributed by atoms with Crippen LogP contribution in [0.25, 0.3) is 55.5 Å². The maximum absolute atomic E-state index is 6.64. The Bertz CT molecular complexity index is 1840. The Hall–Kier alpha value is -4.36. The lowest BCUT2D eigenvalue weighted by molar-refractivity contribution is 0.549. The van der Waals surface area contributed by atoms with E-state index in [1.54, 1.807) is 0 Å². The molecule has 38 heavy (non-hydrogen) atoms. The summed E-state index contributed by atoms with van der Waals surface area (Å²) in [5.74, 6) is 1.87. The fourth-order valence-electron chi connectivity index (χ4n) is 6.49. The van der Waals surface area contributed by atoms with E-state index in [-0.39, 0.29) is 5.41 Å². The standard InChI is InChI=1S/C37H30O/c1-23-21-32-35(29-18-12-11-17-28(23)29)30-20-19-27(22-31(30)37(32,3)4)36-34(26-15-9-6-10-16-26)33(24(2)38-36)25-13-7-5-8-14-25/h5-22H,1-4H3. The normalized spacial score (nSPS) is 13.5. The van der Waals surface area contributed by atoms with Gasteiger partial charge in [0, 0.05) is 22.1 Å². The number of fused-ring (bicyclic) bond motifs is 5. The molecule has 1 heteroatoms. The molecule has 1 nitrogen and oxygen atoms in total. The van der Waals surface area contributed by atoms with Gasteiger partial charge in [0.1, 0.15) is 11.5 Å². The Morgan fingerprint density at radius 3 is 1.82 bits per heavy atom. The number of benzene rings is 5. The Labute approximate surface area is 224 Å². The third kappa shape index (κ3) is 3.25. The smallest absolute Gasteiger partial charge is 0.142 e. The Morgan fingerprint density at radius 2 is 1.13 bits per heavy atom. The fourth-order valence-corrected chi connectivity index (χ4v) is 6.49. The van der Waals surface area contributed by atoms with Crippen molar-refractivity contribution in [1.29, 1.82) is 0 Å².